The van der Waals surface area contributed by atoms with Gasteiger partial charge in [0, 0.05) is 7.11 Å². The number of hydrogen-bond donors (Lipinski definition) is 0. The van der Waals surface area contributed by atoms with E-state index >= 15 is 0 Å². The summed E-state index contributed by atoms with van der Waals surface area (Å²) in [7, 11) is 2.93. The van der Waals surface area contributed by atoms with Gasteiger partial charge in [0.25, 0.3) is 0 Å². The van der Waals surface area contributed by atoms with Gasteiger partial charge in [-0.05, 0) is 31.4 Å². The second-order valence-corrected chi connectivity index (χ2v) is 5.39. The van der Waals surface area contributed by atoms with E-state index in [0.29, 0.717) is 9.75 Å². The van der Waals surface area contributed by atoms with Gasteiger partial charge in [-0.3, -0.25) is 0 Å². The van der Waals surface area contributed by atoms with E-state index in [0.717, 1.165) is 30.6 Å². The quantitative estimate of drug-likeness (QED) is 0.794. The summed E-state index contributed by atoms with van der Waals surface area (Å²) in [4.78, 5) is 24.1. The van der Waals surface area contributed by atoms with Gasteiger partial charge in [-0.2, -0.15) is 0 Å². The molecule has 2 unspecified atom stereocenters. The van der Waals surface area contributed by atoms with Crippen LogP contribution in [0.1, 0.15) is 38.6 Å². The normalized spacial score (nSPS) is 22.2. The zero-order chi connectivity index (χ0) is 13.8. The maximum atomic E-state index is 12.0. The van der Waals surface area contributed by atoms with E-state index in [9.17, 15) is 9.59 Å². The van der Waals surface area contributed by atoms with E-state index < -0.39 is 11.9 Å². The third-order valence-corrected chi connectivity index (χ3v) is 4.19. The summed E-state index contributed by atoms with van der Waals surface area (Å²) in [6.45, 7) is 0. The smallest absolute Gasteiger partial charge is 0.348 e. The molecule has 0 N–H and O–H groups in total. The molecule has 0 spiro atoms. The molecule has 1 aromatic heterocycles. The van der Waals surface area contributed by atoms with Gasteiger partial charge >= 0.3 is 11.9 Å². The highest BCUT2D eigenvalue weighted by atomic mass is 32.1. The lowest BCUT2D eigenvalue weighted by Crippen LogP contribution is -2.27. The molecule has 19 heavy (non-hydrogen) atoms. The predicted molar refractivity (Wildman–Crippen MR) is 69.5 cm³/mol. The minimum absolute atomic E-state index is 0.0241. The lowest BCUT2D eigenvalue weighted by Gasteiger charge is -2.18. The first-order valence-electron chi connectivity index (χ1n) is 6.07. The summed E-state index contributed by atoms with van der Waals surface area (Å²) in [6, 6.07) is 3.14. The topological polar surface area (TPSA) is 61.8 Å². The van der Waals surface area contributed by atoms with Crippen LogP contribution in [0, 0.1) is 0 Å². The molecule has 0 amide bonds. The molecule has 0 radical (unpaired) electrons. The lowest BCUT2D eigenvalue weighted by molar-refractivity contribution is -0.0203. The van der Waals surface area contributed by atoms with Crippen molar-refractivity contribution in [1.29, 1.82) is 0 Å². The number of esters is 2. The largest absolute Gasteiger partial charge is 0.465 e. The van der Waals surface area contributed by atoms with Gasteiger partial charge in [-0.25, -0.2) is 9.59 Å². The molecule has 1 heterocycles. The standard InChI is InChI=1S/C13H16O5S/c1-16-8-4-3-5-9(8)18-13(15)11-7-6-10(19-11)12(14)17-2/h6-9H,3-5H2,1-2H3. The molecular weight excluding hydrogens is 268 g/mol. The minimum Gasteiger partial charge on any atom is -0.465 e. The van der Waals surface area contributed by atoms with Crippen LogP contribution in [-0.4, -0.2) is 38.4 Å². The number of rotatable bonds is 4. The monoisotopic (exact) mass is 284 g/mol. The fourth-order valence-corrected chi connectivity index (χ4v) is 2.96. The van der Waals surface area contributed by atoms with Gasteiger partial charge in [0.2, 0.25) is 0 Å². The van der Waals surface area contributed by atoms with Crippen molar-refractivity contribution in [3.05, 3.63) is 21.9 Å². The first kappa shape index (κ1) is 14.0. The van der Waals surface area contributed by atoms with Gasteiger partial charge in [0.05, 0.1) is 13.2 Å². The van der Waals surface area contributed by atoms with Crippen molar-refractivity contribution in [2.75, 3.05) is 14.2 Å². The highest BCUT2D eigenvalue weighted by Gasteiger charge is 2.31. The van der Waals surface area contributed by atoms with E-state index in [4.69, 9.17) is 9.47 Å². The van der Waals surface area contributed by atoms with Gasteiger partial charge in [-0.1, -0.05) is 0 Å². The molecule has 2 rings (SSSR count). The van der Waals surface area contributed by atoms with E-state index in [1.54, 1.807) is 19.2 Å². The Morgan fingerprint density at radius 3 is 2.37 bits per heavy atom. The van der Waals surface area contributed by atoms with Crippen molar-refractivity contribution in [1.82, 2.24) is 0 Å². The predicted octanol–water partition coefficient (Wildman–Crippen LogP) is 2.26. The molecule has 1 aromatic rings. The number of carbonyl (C=O) groups is 2. The molecule has 5 nitrogen and oxygen atoms in total. The summed E-state index contributed by atoms with van der Waals surface area (Å²) >= 11 is 1.08. The number of methoxy groups -OCH3 is 2. The first-order valence-corrected chi connectivity index (χ1v) is 6.89. The van der Waals surface area contributed by atoms with Crippen LogP contribution in [-0.2, 0) is 14.2 Å². The maximum absolute atomic E-state index is 12.0. The van der Waals surface area contributed by atoms with Crippen molar-refractivity contribution in [3.63, 3.8) is 0 Å². The Balaban J connectivity index is 2.00. The zero-order valence-electron chi connectivity index (χ0n) is 10.9. The van der Waals surface area contributed by atoms with Crippen LogP contribution in [0.4, 0.5) is 0 Å². The molecule has 104 valence electrons. The summed E-state index contributed by atoms with van der Waals surface area (Å²) in [6.07, 6.45) is 2.50. The van der Waals surface area contributed by atoms with Crippen molar-refractivity contribution >= 4 is 23.3 Å². The minimum atomic E-state index is -0.445. The number of ether oxygens (including phenoxy) is 3. The fraction of sp³-hybridized carbons (Fsp3) is 0.538. The molecule has 0 saturated heterocycles. The van der Waals surface area contributed by atoms with Crippen molar-refractivity contribution in [2.45, 2.75) is 31.5 Å². The van der Waals surface area contributed by atoms with Gasteiger partial charge < -0.3 is 14.2 Å². The molecule has 1 saturated carbocycles. The van der Waals surface area contributed by atoms with Crippen LogP contribution in [0.3, 0.4) is 0 Å². The summed E-state index contributed by atoms with van der Waals surface area (Å²) in [5.41, 5.74) is 0. The van der Waals surface area contributed by atoms with E-state index in [2.05, 4.69) is 4.74 Å². The SMILES string of the molecule is COC(=O)c1ccc(C(=O)OC2CCCC2OC)s1. The van der Waals surface area contributed by atoms with E-state index in [1.165, 1.54) is 7.11 Å². The average Bonchev–Trinajstić information content (AvgIpc) is 3.06. The van der Waals surface area contributed by atoms with Crippen molar-refractivity contribution in [3.8, 4) is 0 Å². The Kier molecular flexibility index (Phi) is 4.55. The molecule has 0 aliphatic heterocycles. The van der Waals surface area contributed by atoms with Crippen LogP contribution in [0.25, 0.3) is 0 Å². The summed E-state index contributed by atoms with van der Waals surface area (Å²) < 4.78 is 15.3. The Bertz CT molecular complexity index is 467. The van der Waals surface area contributed by atoms with Crippen LogP contribution in [0.5, 0.6) is 0 Å². The lowest BCUT2D eigenvalue weighted by atomic mass is 10.2. The Hall–Kier alpha value is -1.40. The Labute approximate surface area is 115 Å². The second-order valence-electron chi connectivity index (χ2n) is 4.30. The maximum Gasteiger partial charge on any atom is 0.348 e. The molecule has 0 aromatic carbocycles. The molecule has 1 aliphatic carbocycles. The highest BCUT2D eigenvalue weighted by Crippen LogP contribution is 2.26. The average molecular weight is 284 g/mol. The van der Waals surface area contributed by atoms with Crippen molar-refractivity contribution in [2.24, 2.45) is 0 Å². The fourth-order valence-electron chi connectivity index (χ4n) is 2.15. The van der Waals surface area contributed by atoms with Crippen LogP contribution in [0.2, 0.25) is 0 Å². The van der Waals surface area contributed by atoms with Gasteiger partial charge in [0.1, 0.15) is 15.9 Å². The van der Waals surface area contributed by atoms with Gasteiger partial charge in [0.15, 0.2) is 0 Å². The first-order chi connectivity index (χ1) is 9.15. The highest BCUT2D eigenvalue weighted by molar-refractivity contribution is 7.15. The second kappa shape index (κ2) is 6.16. The zero-order valence-corrected chi connectivity index (χ0v) is 11.7. The van der Waals surface area contributed by atoms with Crippen LogP contribution in [0.15, 0.2) is 12.1 Å². The van der Waals surface area contributed by atoms with Gasteiger partial charge in [-0.15, -0.1) is 11.3 Å². The molecule has 6 heteroatoms. The van der Waals surface area contributed by atoms with Crippen LogP contribution < -0.4 is 0 Å². The molecule has 1 fully saturated rings. The Morgan fingerprint density at radius 2 is 1.74 bits per heavy atom. The number of hydrogen-bond acceptors (Lipinski definition) is 6. The third-order valence-electron chi connectivity index (χ3n) is 3.15. The molecule has 2 atom stereocenters. The summed E-state index contributed by atoms with van der Waals surface area (Å²) in [5.74, 6) is -0.853. The van der Waals surface area contributed by atoms with E-state index in [-0.39, 0.29) is 12.2 Å². The molecular formula is C13H16O5S. The Morgan fingerprint density at radius 1 is 1.11 bits per heavy atom. The van der Waals surface area contributed by atoms with Crippen LogP contribution >= 0.6 is 11.3 Å². The molecule has 0 bridgehead atoms. The summed E-state index contributed by atoms with van der Waals surface area (Å²) in [5, 5.41) is 0. The third kappa shape index (κ3) is 3.13. The number of carbonyl (C=O) groups excluding carboxylic acids is 2. The van der Waals surface area contributed by atoms with Crippen molar-refractivity contribution < 1.29 is 23.8 Å². The molecule has 1 aliphatic rings. The number of thiophene rings is 1. The van der Waals surface area contributed by atoms with E-state index in [1.807, 2.05) is 0 Å².